The van der Waals surface area contributed by atoms with E-state index in [0.29, 0.717) is 6.61 Å². The van der Waals surface area contributed by atoms with Crippen LogP contribution in [0.5, 0.6) is 0 Å². The van der Waals surface area contributed by atoms with Crippen LogP contribution in [0.1, 0.15) is 12.6 Å². The van der Waals surface area contributed by atoms with Gasteiger partial charge in [0.2, 0.25) is 0 Å². The number of carbonyl (C=O) groups excluding carboxylic acids is 1. The Morgan fingerprint density at radius 2 is 2.35 bits per heavy atom. The van der Waals surface area contributed by atoms with E-state index in [1.807, 2.05) is 28.1 Å². The molecular formula is C13H11ClN2O2S2. The fraction of sp³-hybridized carbons (Fsp3) is 0.231. The number of esters is 1. The third kappa shape index (κ3) is 2.59. The quantitative estimate of drug-likeness (QED) is 0.683. The largest absolute Gasteiger partial charge is 0.466 e. The summed E-state index contributed by atoms with van der Waals surface area (Å²) in [6.45, 7) is 2.20. The van der Waals surface area contributed by atoms with Gasteiger partial charge >= 0.3 is 5.97 Å². The maximum atomic E-state index is 11.6. The van der Waals surface area contributed by atoms with Gasteiger partial charge in [0.25, 0.3) is 0 Å². The van der Waals surface area contributed by atoms with Crippen LogP contribution in [-0.2, 0) is 16.0 Å². The number of carbonyl (C=O) groups is 1. The van der Waals surface area contributed by atoms with Crippen molar-refractivity contribution in [3.63, 3.8) is 0 Å². The molecule has 0 saturated heterocycles. The standard InChI is InChI=1S/C13H11ClN2O2S2/c1-2-18-12(17)5-8-7-19-13-15-9(6-16(8)13)10-3-4-11(14)20-10/h3-4,6-7H,2,5H2,1H3. The highest BCUT2D eigenvalue weighted by molar-refractivity contribution is 7.19. The van der Waals surface area contributed by atoms with Crippen molar-refractivity contribution >= 4 is 45.2 Å². The molecule has 0 aliphatic rings. The third-order valence-electron chi connectivity index (χ3n) is 2.74. The number of aromatic nitrogens is 2. The first-order chi connectivity index (χ1) is 9.67. The number of rotatable bonds is 4. The fourth-order valence-corrected chi connectivity index (χ4v) is 3.76. The average Bonchev–Trinajstić information content (AvgIpc) is 3.06. The Morgan fingerprint density at radius 1 is 1.50 bits per heavy atom. The van der Waals surface area contributed by atoms with Gasteiger partial charge in [-0.3, -0.25) is 9.20 Å². The minimum absolute atomic E-state index is 0.221. The molecule has 0 fully saturated rings. The molecule has 0 radical (unpaired) electrons. The van der Waals surface area contributed by atoms with E-state index < -0.39 is 0 Å². The molecule has 20 heavy (non-hydrogen) atoms. The van der Waals surface area contributed by atoms with Gasteiger partial charge in [-0.05, 0) is 19.1 Å². The third-order valence-corrected chi connectivity index (χ3v) is 4.88. The maximum absolute atomic E-state index is 11.6. The van der Waals surface area contributed by atoms with Crippen LogP contribution in [0, 0.1) is 0 Å². The van der Waals surface area contributed by atoms with Crippen LogP contribution >= 0.6 is 34.3 Å². The first-order valence-corrected chi connectivity index (χ1v) is 8.11. The number of hydrogen-bond acceptors (Lipinski definition) is 5. The van der Waals surface area contributed by atoms with Crippen LogP contribution in [0.4, 0.5) is 0 Å². The van der Waals surface area contributed by atoms with Crippen molar-refractivity contribution in [3.05, 3.63) is 33.7 Å². The second-order valence-corrected chi connectivity index (χ2v) is 6.64. The van der Waals surface area contributed by atoms with E-state index in [2.05, 4.69) is 4.98 Å². The van der Waals surface area contributed by atoms with Crippen LogP contribution in [0.3, 0.4) is 0 Å². The number of thiophene rings is 1. The molecule has 0 unspecified atom stereocenters. The molecular weight excluding hydrogens is 316 g/mol. The SMILES string of the molecule is CCOC(=O)Cc1csc2nc(-c3ccc(Cl)s3)cn12. The van der Waals surface area contributed by atoms with Gasteiger partial charge in [-0.1, -0.05) is 11.6 Å². The summed E-state index contributed by atoms with van der Waals surface area (Å²) in [5.74, 6) is -0.221. The Bertz CT molecular complexity index is 759. The summed E-state index contributed by atoms with van der Waals surface area (Å²) in [6.07, 6.45) is 2.19. The van der Waals surface area contributed by atoms with Gasteiger partial charge in [0.15, 0.2) is 4.96 Å². The van der Waals surface area contributed by atoms with Crippen LogP contribution in [0.2, 0.25) is 4.34 Å². The zero-order valence-corrected chi connectivity index (χ0v) is 13.0. The van der Waals surface area contributed by atoms with Crippen molar-refractivity contribution in [2.24, 2.45) is 0 Å². The van der Waals surface area contributed by atoms with E-state index in [1.165, 1.54) is 22.7 Å². The van der Waals surface area contributed by atoms with E-state index in [9.17, 15) is 4.79 Å². The maximum Gasteiger partial charge on any atom is 0.311 e. The van der Waals surface area contributed by atoms with Gasteiger partial charge in [0.1, 0.15) is 5.69 Å². The molecule has 0 aliphatic heterocycles. The summed E-state index contributed by atoms with van der Waals surface area (Å²) in [7, 11) is 0. The normalized spacial score (nSPS) is 11.1. The Morgan fingerprint density at radius 3 is 3.05 bits per heavy atom. The molecule has 0 bridgehead atoms. The van der Waals surface area contributed by atoms with E-state index in [1.54, 1.807) is 6.92 Å². The summed E-state index contributed by atoms with van der Waals surface area (Å²) in [6, 6.07) is 3.80. The fourth-order valence-electron chi connectivity index (χ4n) is 1.89. The highest BCUT2D eigenvalue weighted by Gasteiger charge is 2.13. The van der Waals surface area contributed by atoms with Gasteiger partial charge in [-0.15, -0.1) is 22.7 Å². The van der Waals surface area contributed by atoms with Gasteiger partial charge in [-0.2, -0.15) is 0 Å². The summed E-state index contributed by atoms with van der Waals surface area (Å²) in [5, 5.41) is 1.93. The van der Waals surface area contributed by atoms with Gasteiger partial charge < -0.3 is 4.74 Å². The first kappa shape index (κ1) is 13.6. The Hall–Kier alpha value is -1.37. The topological polar surface area (TPSA) is 43.6 Å². The lowest BCUT2D eigenvalue weighted by Crippen LogP contribution is -2.08. The summed E-state index contributed by atoms with van der Waals surface area (Å²) in [4.78, 5) is 18.0. The number of nitrogens with zero attached hydrogens (tertiary/aromatic N) is 2. The van der Waals surface area contributed by atoms with Crippen molar-refractivity contribution in [3.8, 4) is 10.6 Å². The number of hydrogen-bond donors (Lipinski definition) is 0. The Labute approximate surface area is 128 Å². The summed E-state index contributed by atoms with van der Waals surface area (Å²) < 4.78 is 7.65. The number of halogens is 1. The van der Waals surface area contributed by atoms with Gasteiger partial charge in [0, 0.05) is 17.3 Å². The summed E-state index contributed by atoms with van der Waals surface area (Å²) >= 11 is 8.95. The van der Waals surface area contributed by atoms with Crippen molar-refractivity contribution in [2.75, 3.05) is 6.61 Å². The summed E-state index contributed by atoms with van der Waals surface area (Å²) in [5.41, 5.74) is 1.77. The molecule has 0 amide bonds. The van der Waals surface area contributed by atoms with Crippen LogP contribution < -0.4 is 0 Å². The molecule has 4 nitrogen and oxygen atoms in total. The molecule has 7 heteroatoms. The number of imidazole rings is 1. The molecule has 0 saturated carbocycles. The number of thiazole rings is 1. The lowest BCUT2D eigenvalue weighted by Gasteiger charge is -2.00. The van der Waals surface area contributed by atoms with Crippen molar-refractivity contribution in [1.29, 1.82) is 0 Å². The smallest absolute Gasteiger partial charge is 0.311 e. The monoisotopic (exact) mass is 326 g/mol. The lowest BCUT2D eigenvalue weighted by molar-refractivity contribution is -0.142. The molecule has 0 atom stereocenters. The Balaban J connectivity index is 1.92. The minimum Gasteiger partial charge on any atom is -0.466 e. The molecule has 3 aromatic heterocycles. The number of ether oxygens (including phenoxy) is 1. The zero-order chi connectivity index (χ0) is 14.1. The van der Waals surface area contributed by atoms with Gasteiger partial charge in [0.05, 0.1) is 22.2 Å². The Kier molecular flexibility index (Phi) is 3.78. The molecule has 0 spiro atoms. The molecule has 0 aromatic carbocycles. The van der Waals surface area contributed by atoms with E-state index in [0.717, 1.165) is 25.6 Å². The van der Waals surface area contributed by atoms with Crippen LogP contribution in [-0.4, -0.2) is 22.0 Å². The molecule has 3 rings (SSSR count). The second kappa shape index (κ2) is 5.55. The van der Waals surface area contributed by atoms with E-state index in [-0.39, 0.29) is 12.4 Å². The predicted molar refractivity (Wildman–Crippen MR) is 81.7 cm³/mol. The van der Waals surface area contributed by atoms with Crippen LogP contribution in [0.15, 0.2) is 23.7 Å². The molecule has 104 valence electrons. The second-order valence-electron chi connectivity index (χ2n) is 4.09. The average molecular weight is 327 g/mol. The van der Waals surface area contributed by atoms with Gasteiger partial charge in [-0.25, -0.2) is 4.98 Å². The number of fused-ring (bicyclic) bond motifs is 1. The first-order valence-electron chi connectivity index (χ1n) is 6.04. The minimum atomic E-state index is -0.221. The van der Waals surface area contributed by atoms with Crippen molar-refractivity contribution < 1.29 is 9.53 Å². The highest BCUT2D eigenvalue weighted by atomic mass is 35.5. The van der Waals surface area contributed by atoms with Crippen molar-refractivity contribution in [1.82, 2.24) is 9.38 Å². The van der Waals surface area contributed by atoms with E-state index in [4.69, 9.17) is 16.3 Å². The van der Waals surface area contributed by atoms with E-state index >= 15 is 0 Å². The zero-order valence-electron chi connectivity index (χ0n) is 10.6. The van der Waals surface area contributed by atoms with Crippen molar-refractivity contribution in [2.45, 2.75) is 13.3 Å². The lowest BCUT2D eigenvalue weighted by atomic mass is 10.3. The predicted octanol–water partition coefficient (Wildman–Crippen LogP) is 3.88. The molecule has 3 heterocycles. The molecule has 0 N–H and O–H groups in total. The highest BCUT2D eigenvalue weighted by Crippen LogP contribution is 2.31. The van der Waals surface area contributed by atoms with Crippen LogP contribution in [0.25, 0.3) is 15.5 Å². The molecule has 0 aliphatic carbocycles. The molecule has 3 aromatic rings.